The Bertz CT molecular complexity index is 344. The first-order chi connectivity index (χ1) is 8.18. The predicted octanol–water partition coefficient (Wildman–Crippen LogP) is 3.94. The fourth-order valence-corrected chi connectivity index (χ4v) is 2.12. The molecule has 0 radical (unpaired) electrons. The van der Waals surface area contributed by atoms with Gasteiger partial charge in [-0.2, -0.15) is 0 Å². The molecule has 2 nitrogen and oxygen atoms in total. The van der Waals surface area contributed by atoms with E-state index in [4.69, 9.17) is 4.74 Å². The molecule has 0 atom stereocenters. The average molecular weight is 234 g/mol. The van der Waals surface area contributed by atoms with Gasteiger partial charge in [-0.05, 0) is 24.8 Å². The maximum atomic E-state index is 11.6. The molecule has 94 valence electrons. The van der Waals surface area contributed by atoms with Crippen molar-refractivity contribution in [2.24, 2.45) is 0 Å². The SMILES string of the molecule is CCC(=O)OC(CC)(CC)C1=CC=CC=CC1. The van der Waals surface area contributed by atoms with E-state index in [1.165, 1.54) is 5.57 Å². The zero-order valence-corrected chi connectivity index (χ0v) is 11.0. The normalized spacial score (nSPS) is 15.4. The Morgan fingerprint density at radius 3 is 2.53 bits per heavy atom. The highest BCUT2D eigenvalue weighted by Gasteiger charge is 2.33. The van der Waals surface area contributed by atoms with Gasteiger partial charge in [-0.25, -0.2) is 0 Å². The van der Waals surface area contributed by atoms with Gasteiger partial charge in [-0.15, -0.1) is 0 Å². The first-order valence-electron chi connectivity index (χ1n) is 6.43. The summed E-state index contributed by atoms with van der Waals surface area (Å²) >= 11 is 0. The highest BCUT2D eigenvalue weighted by Crippen LogP contribution is 2.33. The van der Waals surface area contributed by atoms with E-state index in [1.807, 2.05) is 25.2 Å². The molecule has 0 saturated heterocycles. The second-order valence-corrected chi connectivity index (χ2v) is 4.24. The Kier molecular flexibility index (Phi) is 5.20. The second kappa shape index (κ2) is 6.43. The molecule has 2 heteroatoms. The lowest BCUT2D eigenvalue weighted by Crippen LogP contribution is -2.36. The smallest absolute Gasteiger partial charge is 0.306 e. The maximum absolute atomic E-state index is 11.6. The van der Waals surface area contributed by atoms with Gasteiger partial charge in [0.25, 0.3) is 0 Å². The summed E-state index contributed by atoms with van der Waals surface area (Å²) in [6, 6.07) is 0. The quantitative estimate of drug-likeness (QED) is 0.673. The Balaban J connectivity index is 2.97. The molecule has 0 bridgehead atoms. The van der Waals surface area contributed by atoms with Crippen LogP contribution in [0.15, 0.2) is 36.0 Å². The van der Waals surface area contributed by atoms with Gasteiger partial charge in [0.05, 0.1) is 0 Å². The Morgan fingerprint density at radius 2 is 1.94 bits per heavy atom. The van der Waals surface area contributed by atoms with E-state index < -0.39 is 5.60 Å². The van der Waals surface area contributed by atoms with E-state index >= 15 is 0 Å². The lowest BCUT2D eigenvalue weighted by molar-refractivity contribution is -0.156. The first-order valence-corrected chi connectivity index (χ1v) is 6.43. The lowest BCUT2D eigenvalue weighted by atomic mass is 9.85. The molecule has 0 spiro atoms. The van der Waals surface area contributed by atoms with Crippen molar-refractivity contribution in [1.29, 1.82) is 0 Å². The standard InChI is InChI=1S/C15H22O2/c1-4-14(16)17-15(5-2,6-3)13-11-9-7-8-10-12-13/h7-11H,4-6,12H2,1-3H3. The summed E-state index contributed by atoms with van der Waals surface area (Å²) < 4.78 is 5.71. The van der Waals surface area contributed by atoms with Crippen LogP contribution in [0.1, 0.15) is 46.5 Å². The van der Waals surface area contributed by atoms with Crippen LogP contribution < -0.4 is 0 Å². The summed E-state index contributed by atoms with van der Waals surface area (Å²) in [5, 5.41) is 0. The van der Waals surface area contributed by atoms with Gasteiger partial charge in [0.15, 0.2) is 0 Å². The number of allylic oxidation sites excluding steroid dienone is 5. The van der Waals surface area contributed by atoms with Crippen LogP contribution in [-0.4, -0.2) is 11.6 Å². The predicted molar refractivity (Wildman–Crippen MR) is 70.7 cm³/mol. The molecule has 0 aliphatic heterocycles. The van der Waals surface area contributed by atoms with Crippen LogP contribution >= 0.6 is 0 Å². The molecule has 0 fully saturated rings. The summed E-state index contributed by atoms with van der Waals surface area (Å²) in [6.45, 7) is 5.98. The van der Waals surface area contributed by atoms with Crippen LogP contribution in [-0.2, 0) is 9.53 Å². The molecule has 0 amide bonds. The zero-order chi connectivity index (χ0) is 12.7. The number of carbonyl (C=O) groups excluding carboxylic acids is 1. The van der Waals surface area contributed by atoms with E-state index in [1.54, 1.807) is 0 Å². The van der Waals surface area contributed by atoms with Crippen molar-refractivity contribution in [1.82, 2.24) is 0 Å². The van der Waals surface area contributed by atoms with Gasteiger partial charge in [0.2, 0.25) is 0 Å². The fraction of sp³-hybridized carbons (Fsp3) is 0.533. The zero-order valence-electron chi connectivity index (χ0n) is 11.0. The minimum Gasteiger partial charge on any atom is -0.455 e. The van der Waals surface area contributed by atoms with Crippen LogP contribution in [0.3, 0.4) is 0 Å². The van der Waals surface area contributed by atoms with Gasteiger partial charge in [-0.3, -0.25) is 4.79 Å². The number of ether oxygens (including phenoxy) is 1. The van der Waals surface area contributed by atoms with Gasteiger partial charge < -0.3 is 4.74 Å². The van der Waals surface area contributed by atoms with E-state index in [2.05, 4.69) is 26.0 Å². The van der Waals surface area contributed by atoms with Crippen LogP contribution in [0, 0.1) is 0 Å². The van der Waals surface area contributed by atoms with Crippen molar-refractivity contribution in [2.75, 3.05) is 0 Å². The minimum atomic E-state index is -0.424. The minimum absolute atomic E-state index is 0.119. The summed E-state index contributed by atoms with van der Waals surface area (Å²) in [5.74, 6) is -0.119. The summed E-state index contributed by atoms with van der Waals surface area (Å²) in [4.78, 5) is 11.6. The van der Waals surface area contributed by atoms with Crippen molar-refractivity contribution in [3.63, 3.8) is 0 Å². The van der Waals surface area contributed by atoms with Crippen molar-refractivity contribution in [3.8, 4) is 0 Å². The molecular formula is C15H22O2. The molecular weight excluding hydrogens is 212 g/mol. The molecule has 1 aliphatic rings. The van der Waals surface area contributed by atoms with Crippen molar-refractivity contribution in [2.45, 2.75) is 52.1 Å². The summed E-state index contributed by atoms with van der Waals surface area (Å²) in [5.41, 5.74) is 0.765. The van der Waals surface area contributed by atoms with Crippen LogP contribution in [0.5, 0.6) is 0 Å². The average Bonchev–Trinajstić information content (AvgIpc) is 2.65. The Morgan fingerprint density at radius 1 is 1.24 bits per heavy atom. The summed E-state index contributed by atoms with van der Waals surface area (Å²) in [7, 11) is 0. The second-order valence-electron chi connectivity index (χ2n) is 4.24. The third-order valence-corrected chi connectivity index (χ3v) is 3.32. The molecule has 1 aliphatic carbocycles. The van der Waals surface area contributed by atoms with E-state index in [-0.39, 0.29) is 5.97 Å². The molecule has 0 heterocycles. The summed E-state index contributed by atoms with van der Waals surface area (Å²) in [6.07, 6.45) is 13.2. The highest BCUT2D eigenvalue weighted by atomic mass is 16.6. The Hall–Kier alpha value is -1.31. The molecule has 0 unspecified atom stereocenters. The number of rotatable bonds is 5. The monoisotopic (exact) mass is 234 g/mol. The fourth-order valence-electron chi connectivity index (χ4n) is 2.12. The molecule has 0 saturated carbocycles. The van der Waals surface area contributed by atoms with Crippen molar-refractivity contribution in [3.05, 3.63) is 36.0 Å². The van der Waals surface area contributed by atoms with Gasteiger partial charge in [0.1, 0.15) is 5.60 Å². The topological polar surface area (TPSA) is 26.3 Å². The van der Waals surface area contributed by atoms with Crippen molar-refractivity contribution < 1.29 is 9.53 Å². The molecule has 0 aromatic heterocycles. The number of esters is 1. The number of hydrogen-bond donors (Lipinski definition) is 0. The highest BCUT2D eigenvalue weighted by molar-refractivity contribution is 5.70. The first kappa shape index (κ1) is 13.8. The lowest BCUT2D eigenvalue weighted by Gasteiger charge is -2.33. The molecule has 0 aromatic rings. The third kappa shape index (κ3) is 3.32. The van der Waals surface area contributed by atoms with E-state index in [0.29, 0.717) is 6.42 Å². The maximum Gasteiger partial charge on any atom is 0.306 e. The van der Waals surface area contributed by atoms with Crippen LogP contribution in [0.2, 0.25) is 0 Å². The molecule has 1 rings (SSSR count). The van der Waals surface area contributed by atoms with Gasteiger partial charge in [-0.1, -0.05) is 51.2 Å². The number of hydrogen-bond acceptors (Lipinski definition) is 2. The van der Waals surface area contributed by atoms with Crippen LogP contribution in [0.25, 0.3) is 0 Å². The van der Waals surface area contributed by atoms with E-state index in [0.717, 1.165) is 19.3 Å². The van der Waals surface area contributed by atoms with Gasteiger partial charge >= 0.3 is 5.97 Å². The molecule has 0 aromatic carbocycles. The molecule has 0 N–H and O–H groups in total. The molecule has 17 heavy (non-hydrogen) atoms. The number of carbonyl (C=O) groups is 1. The Labute approximate surface area is 104 Å². The largest absolute Gasteiger partial charge is 0.455 e. The van der Waals surface area contributed by atoms with Crippen molar-refractivity contribution >= 4 is 5.97 Å². The van der Waals surface area contributed by atoms with E-state index in [9.17, 15) is 4.79 Å². The van der Waals surface area contributed by atoms with Crippen LogP contribution in [0.4, 0.5) is 0 Å². The van der Waals surface area contributed by atoms with Gasteiger partial charge in [0, 0.05) is 6.42 Å². The third-order valence-electron chi connectivity index (χ3n) is 3.32.